The fraction of sp³-hybridized carbons (Fsp3) is 0.400. The van der Waals surface area contributed by atoms with Crippen LogP contribution < -0.4 is 5.32 Å². The van der Waals surface area contributed by atoms with E-state index in [0.29, 0.717) is 25.1 Å². The number of fused-ring (bicyclic) bond motifs is 1. The van der Waals surface area contributed by atoms with Gasteiger partial charge in [0, 0.05) is 6.54 Å². The second-order valence-electron chi connectivity index (χ2n) is 4.19. The molecule has 1 aliphatic carbocycles. The minimum absolute atomic E-state index is 0.0775. The number of phenolic OH excluding ortho intramolecular Hbond substituents is 1. The molecule has 1 aromatic carbocycles. The largest absolute Gasteiger partial charge is 0.507 e. The van der Waals surface area contributed by atoms with Gasteiger partial charge in [-0.2, -0.15) is 0 Å². The van der Waals surface area contributed by atoms with Gasteiger partial charge in [-0.3, -0.25) is 0 Å². The Bertz CT molecular complexity index is 532. The number of sulfone groups is 1. The molecular formula is C10H11NO3S. The Labute approximate surface area is 87.8 Å². The topological polar surface area (TPSA) is 66.4 Å². The highest BCUT2D eigenvalue weighted by Gasteiger charge is 2.58. The van der Waals surface area contributed by atoms with Gasteiger partial charge >= 0.3 is 0 Å². The van der Waals surface area contributed by atoms with Crippen LogP contribution in [0.5, 0.6) is 5.75 Å². The number of nitrogens with one attached hydrogen (secondary N) is 1. The zero-order valence-corrected chi connectivity index (χ0v) is 8.84. The standard InChI is InChI=1S/C10H11NO3S/c12-8-3-1-2-7-9(8)15(13,14)10(4-5-10)6-11-7/h1-3,11-12H,4-6H2. The lowest BCUT2D eigenvalue weighted by Crippen LogP contribution is -2.36. The molecule has 3 rings (SSSR count). The number of aromatic hydroxyl groups is 1. The van der Waals surface area contributed by atoms with Crippen molar-refractivity contribution in [3.8, 4) is 5.75 Å². The fourth-order valence-electron chi connectivity index (χ4n) is 2.10. The zero-order chi connectivity index (χ0) is 10.7. The van der Waals surface area contributed by atoms with Gasteiger partial charge in [0.1, 0.15) is 10.6 Å². The van der Waals surface area contributed by atoms with Crippen LogP contribution in [-0.4, -0.2) is 24.8 Å². The number of hydrogen-bond donors (Lipinski definition) is 2. The predicted molar refractivity (Wildman–Crippen MR) is 55.7 cm³/mol. The zero-order valence-electron chi connectivity index (χ0n) is 8.03. The molecule has 2 aliphatic rings. The van der Waals surface area contributed by atoms with E-state index >= 15 is 0 Å². The van der Waals surface area contributed by atoms with E-state index in [0.717, 1.165) is 0 Å². The molecule has 1 fully saturated rings. The lowest BCUT2D eigenvalue weighted by Gasteiger charge is -2.26. The van der Waals surface area contributed by atoms with Crippen LogP contribution in [0.25, 0.3) is 0 Å². The Morgan fingerprint density at radius 2 is 2.07 bits per heavy atom. The molecule has 1 saturated carbocycles. The maximum absolute atomic E-state index is 12.2. The first-order chi connectivity index (χ1) is 7.07. The van der Waals surface area contributed by atoms with Crippen LogP contribution in [0.1, 0.15) is 12.8 Å². The van der Waals surface area contributed by atoms with E-state index in [1.54, 1.807) is 12.1 Å². The quantitative estimate of drug-likeness (QED) is 0.694. The van der Waals surface area contributed by atoms with Gasteiger partial charge in [-0.05, 0) is 25.0 Å². The Morgan fingerprint density at radius 3 is 2.73 bits per heavy atom. The molecule has 15 heavy (non-hydrogen) atoms. The Morgan fingerprint density at radius 1 is 1.33 bits per heavy atom. The van der Waals surface area contributed by atoms with Crippen LogP contribution in [0.3, 0.4) is 0 Å². The summed E-state index contributed by atoms with van der Waals surface area (Å²) < 4.78 is 23.8. The SMILES string of the molecule is O=S1(=O)c2c(O)cccc2NCC12CC2. The highest BCUT2D eigenvalue weighted by molar-refractivity contribution is 7.93. The summed E-state index contributed by atoms with van der Waals surface area (Å²) in [6, 6.07) is 4.74. The molecule has 4 nitrogen and oxygen atoms in total. The first-order valence-corrected chi connectivity index (χ1v) is 6.36. The molecule has 1 heterocycles. The van der Waals surface area contributed by atoms with Crippen LogP contribution in [0, 0.1) is 0 Å². The van der Waals surface area contributed by atoms with Crippen LogP contribution in [0.2, 0.25) is 0 Å². The molecule has 0 atom stereocenters. The van der Waals surface area contributed by atoms with Crippen LogP contribution >= 0.6 is 0 Å². The van der Waals surface area contributed by atoms with E-state index in [4.69, 9.17) is 0 Å². The molecule has 0 unspecified atom stereocenters. The third-order valence-corrected chi connectivity index (χ3v) is 5.90. The first-order valence-electron chi connectivity index (χ1n) is 4.87. The Hall–Kier alpha value is -1.23. The molecule has 0 amide bonds. The van der Waals surface area contributed by atoms with Crippen molar-refractivity contribution >= 4 is 15.5 Å². The highest BCUT2D eigenvalue weighted by Crippen LogP contribution is 2.52. The summed E-state index contributed by atoms with van der Waals surface area (Å²) in [5, 5.41) is 12.7. The van der Waals surface area contributed by atoms with E-state index in [2.05, 4.69) is 5.32 Å². The molecule has 0 radical (unpaired) electrons. The van der Waals surface area contributed by atoms with Crippen molar-refractivity contribution in [2.24, 2.45) is 0 Å². The number of hydrogen-bond acceptors (Lipinski definition) is 4. The van der Waals surface area contributed by atoms with Crippen LogP contribution in [0.15, 0.2) is 23.1 Å². The number of anilines is 1. The molecule has 5 heteroatoms. The van der Waals surface area contributed by atoms with E-state index < -0.39 is 14.6 Å². The summed E-state index contributed by atoms with van der Waals surface area (Å²) in [6.07, 6.45) is 1.38. The van der Waals surface area contributed by atoms with Crippen molar-refractivity contribution in [1.82, 2.24) is 0 Å². The summed E-state index contributed by atoms with van der Waals surface area (Å²) in [6.45, 7) is 0.464. The van der Waals surface area contributed by atoms with E-state index in [9.17, 15) is 13.5 Å². The monoisotopic (exact) mass is 225 g/mol. The van der Waals surface area contributed by atoms with Crippen LogP contribution in [0.4, 0.5) is 5.69 Å². The van der Waals surface area contributed by atoms with Crippen molar-refractivity contribution in [2.45, 2.75) is 22.5 Å². The second kappa shape index (κ2) is 2.47. The lowest BCUT2D eigenvalue weighted by atomic mass is 10.2. The molecule has 0 saturated heterocycles. The van der Waals surface area contributed by atoms with Gasteiger partial charge in [0.15, 0.2) is 9.84 Å². The molecular weight excluding hydrogens is 214 g/mol. The molecule has 1 aromatic rings. The van der Waals surface area contributed by atoms with Gasteiger partial charge in [0.05, 0.1) is 10.4 Å². The summed E-state index contributed by atoms with van der Waals surface area (Å²) in [7, 11) is -3.35. The van der Waals surface area contributed by atoms with Gasteiger partial charge in [0.2, 0.25) is 0 Å². The van der Waals surface area contributed by atoms with Crippen molar-refractivity contribution in [3.05, 3.63) is 18.2 Å². The Kier molecular flexibility index (Phi) is 1.49. The maximum Gasteiger partial charge on any atom is 0.191 e. The smallest absolute Gasteiger partial charge is 0.191 e. The lowest BCUT2D eigenvalue weighted by molar-refractivity contribution is 0.457. The minimum atomic E-state index is -3.35. The number of phenols is 1. The van der Waals surface area contributed by atoms with Gasteiger partial charge in [0.25, 0.3) is 0 Å². The summed E-state index contributed by atoms with van der Waals surface area (Å²) in [4.78, 5) is 0.0775. The predicted octanol–water partition coefficient (Wildman–Crippen LogP) is 1.12. The van der Waals surface area contributed by atoms with Crippen LogP contribution in [-0.2, 0) is 9.84 Å². The maximum atomic E-state index is 12.2. The summed E-state index contributed by atoms with van der Waals surface area (Å²) >= 11 is 0. The average Bonchev–Trinajstić information content (AvgIpc) is 2.93. The second-order valence-corrected chi connectivity index (χ2v) is 6.47. The van der Waals surface area contributed by atoms with Crippen molar-refractivity contribution in [3.63, 3.8) is 0 Å². The molecule has 80 valence electrons. The van der Waals surface area contributed by atoms with E-state index in [1.165, 1.54) is 6.07 Å². The van der Waals surface area contributed by atoms with Gasteiger partial charge in [-0.1, -0.05) is 6.07 Å². The first kappa shape index (κ1) is 9.03. The highest BCUT2D eigenvalue weighted by atomic mass is 32.2. The van der Waals surface area contributed by atoms with Crippen molar-refractivity contribution in [2.75, 3.05) is 11.9 Å². The third kappa shape index (κ3) is 0.985. The van der Waals surface area contributed by atoms with Crippen molar-refractivity contribution < 1.29 is 13.5 Å². The van der Waals surface area contributed by atoms with Gasteiger partial charge in [-0.25, -0.2) is 8.42 Å². The molecule has 0 aromatic heterocycles. The van der Waals surface area contributed by atoms with E-state index in [-0.39, 0.29) is 10.6 Å². The average molecular weight is 225 g/mol. The Balaban J connectivity index is 2.32. The fourth-order valence-corrected chi connectivity index (χ4v) is 4.21. The summed E-state index contributed by atoms with van der Waals surface area (Å²) in [5.74, 6) is -0.147. The molecule has 0 bridgehead atoms. The number of benzene rings is 1. The van der Waals surface area contributed by atoms with E-state index in [1.807, 2.05) is 0 Å². The van der Waals surface area contributed by atoms with Gasteiger partial charge < -0.3 is 10.4 Å². The van der Waals surface area contributed by atoms with Gasteiger partial charge in [-0.15, -0.1) is 0 Å². The molecule has 1 aliphatic heterocycles. The summed E-state index contributed by atoms with van der Waals surface area (Å²) in [5.41, 5.74) is 0.521. The normalized spacial score (nSPS) is 24.3. The number of rotatable bonds is 0. The molecule has 1 spiro atoms. The van der Waals surface area contributed by atoms with Crippen molar-refractivity contribution in [1.29, 1.82) is 0 Å². The minimum Gasteiger partial charge on any atom is -0.507 e. The third-order valence-electron chi connectivity index (χ3n) is 3.24. The molecule has 2 N–H and O–H groups in total.